The first-order valence-electron chi connectivity index (χ1n) is 8.88. The molecule has 1 saturated carbocycles. The lowest BCUT2D eigenvalue weighted by Gasteiger charge is -2.20. The fourth-order valence-corrected chi connectivity index (χ4v) is 3.63. The molecule has 0 heterocycles. The van der Waals surface area contributed by atoms with Crippen molar-refractivity contribution in [1.82, 2.24) is 0 Å². The van der Waals surface area contributed by atoms with Crippen LogP contribution in [0.1, 0.15) is 36.8 Å². The van der Waals surface area contributed by atoms with E-state index >= 15 is 0 Å². The number of nitrogens with zero attached hydrogens (tertiary/aromatic N) is 2. The first kappa shape index (κ1) is 19.6. The molecule has 1 fully saturated rings. The molecule has 0 saturated heterocycles. The highest BCUT2D eigenvalue weighted by molar-refractivity contribution is 6.32. The number of carbonyl (C=O) groups excluding carboxylic acids is 1. The number of nitro benzene ring substituents is 1. The molecule has 2 aromatic rings. The molecule has 28 heavy (non-hydrogen) atoms. The van der Waals surface area contributed by atoms with Crippen LogP contribution in [0.15, 0.2) is 48.5 Å². The van der Waals surface area contributed by atoms with Crippen LogP contribution in [0.3, 0.4) is 0 Å². The SMILES string of the molecule is N#CC1(c2ccc(NC(=O)/C=C/c3ccc(Cl)c([N+](=O)[O-])c3)cc2)CCCC1. The Hall–Kier alpha value is -3.17. The Morgan fingerprint density at radius 1 is 1.21 bits per heavy atom. The number of nitrogens with one attached hydrogen (secondary N) is 1. The van der Waals surface area contributed by atoms with Crippen LogP contribution in [0.4, 0.5) is 11.4 Å². The summed E-state index contributed by atoms with van der Waals surface area (Å²) in [6, 6.07) is 14.1. The van der Waals surface area contributed by atoms with Crippen molar-refractivity contribution in [1.29, 1.82) is 5.26 Å². The molecule has 1 aliphatic rings. The van der Waals surface area contributed by atoms with E-state index in [1.807, 2.05) is 12.1 Å². The molecule has 7 heteroatoms. The van der Waals surface area contributed by atoms with E-state index in [2.05, 4.69) is 11.4 Å². The lowest BCUT2D eigenvalue weighted by molar-refractivity contribution is -0.384. The number of rotatable bonds is 5. The van der Waals surface area contributed by atoms with Crippen molar-refractivity contribution in [2.24, 2.45) is 0 Å². The van der Waals surface area contributed by atoms with Crippen molar-refractivity contribution >= 4 is 35.0 Å². The number of anilines is 1. The van der Waals surface area contributed by atoms with Crippen LogP contribution in [-0.2, 0) is 10.2 Å². The Morgan fingerprint density at radius 3 is 2.50 bits per heavy atom. The van der Waals surface area contributed by atoms with Gasteiger partial charge in [-0.1, -0.05) is 42.6 Å². The zero-order chi connectivity index (χ0) is 20.1. The average Bonchev–Trinajstić information content (AvgIpc) is 3.18. The summed E-state index contributed by atoms with van der Waals surface area (Å²) in [5, 5.41) is 23.3. The summed E-state index contributed by atoms with van der Waals surface area (Å²) in [7, 11) is 0. The third-order valence-corrected chi connectivity index (χ3v) is 5.29. The minimum Gasteiger partial charge on any atom is -0.323 e. The Morgan fingerprint density at radius 2 is 1.89 bits per heavy atom. The van der Waals surface area contributed by atoms with Crippen molar-refractivity contribution in [3.63, 3.8) is 0 Å². The number of benzene rings is 2. The fourth-order valence-electron chi connectivity index (χ4n) is 3.45. The van der Waals surface area contributed by atoms with E-state index in [-0.39, 0.29) is 16.6 Å². The molecule has 3 rings (SSSR count). The van der Waals surface area contributed by atoms with Gasteiger partial charge in [-0.05, 0) is 48.2 Å². The topological polar surface area (TPSA) is 96.0 Å². The second-order valence-electron chi connectivity index (χ2n) is 6.77. The summed E-state index contributed by atoms with van der Waals surface area (Å²) >= 11 is 5.78. The molecule has 2 aromatic carbocycles. The van der Waals surface area contributed by atoms with Crippen molar-refractivity contribution in [3.8, 4) is 6.07 Å². The van der Waals surface area contributed by atoms with E-state index in [0.29, 0.717) is 11.3 Å². The molecule has 0 radical (unpaired) electrons. The minimum atomic E-state index is -0.570. The Kier molecular flexibility index (Phi) is 5.76. The van der Waals surface area contributed by atoms with Crippen LogP contribution in [0.2, 0.25) is 5.02 Å². The van der Waals surface area contributed by atoms with Crippen LogP contribution in [0.25, 0.3) is 6.08 Å². The highest BCUT2D eigenvalue weighted by atomic mass is 35.5. The Labute approximate surface area is 167 Å². The van der Waals surface area contributed by atoms with E-state index < -0.39 is 10.3 Å². The molecule has 0 atom stereocenters. The molecular weight excluding hydrogens is 378 g/mol. The van der Waals surface area contributed by atoms with E-state index in [0.717, 1.165) is 31.2 Å². The molecule has 6 nitrogen and oxygen atoms in total. The molecule has 1 N–H and O–H groups in total. The second-order valence-corrected chi connectivity index (χ2v) is 7.18. The molecular formula is C21H18ClN3O3. The predicted octanol–water partition coefficient (Wildman–Crippen LogP) is 5.24. The zero-order valence-corrected chi connectivity index (χ0v) is 15.8. The van der Waals surface area contributed by atoms with Gasteiger partial charge in [0.25, 0.3) is 5.69 Å². The van der Waals surface area contributed by atoms with Gasteiger partial charge in [-0.25, -0.2) is 0 Å². The van der Waals surface area contributed by atoms with Crippen molar-refractivity contribution < 1.29 is 9.72 Å². The van der Waals surface area contributed by atoms with Crippen LogP contribution < -0.4 is 5.32 Å². The molecule has 142 valence electrons. The number of halogens is 1. The van der Waals surface area contributed by atoms with Gasteiger partial charge in [0, 0.05) is 17.8 Å². The minimum absolute atomic E-state index is 0.0455. The van der Waals surface area contributed by atoms with Crippen molar-refractivity contribution in [2.75, 3.05) is 5.32 Å². The highest BCUT2D eigenvalue weighted by Crippen LogP contribution is 2.40. The van der Waals surface area contributed by atoms with E-state index in [4.69, 9.17) is 11.6 Å². The normalized spacial score (nSPS) is 15.3. The van der Waals surface area contributed by atoms with E-state index in [1.54, 1.807) is 18.2 Å². The monoisotopic (exact) mass is 395 g/mol. The summed E-state index contributed by atoms with van der Waals surface area (Å²) in [4.78, 5) is 22.5. The number of amides is 1. The summed E-state index contributed by atoms with van der Waals surface area (Å²) in [6.07, 6.45) is 6.63. The summed E-state index contributed by atoms with van der Waals surface area (Å²) in [6.45, 7) is 0. The maximum absolute atomic E-state index is 12.1. The first-order chi connectivity index (χ1) is 13.4. The third kappa shape index (κ3) is 4.21. The summed E-state index contributed by atoms with van der Waals surface area (Å²) < 4.78 is 0. The number of nitro groups is 1. The van der Waals surface area contributed by atoms with Crippen molar-refractivity contribution in [3.05, 3.63) is 74.8 Å². The van der Waals surface area contributed by atoms with Crippen LogP contribution in [0.5, 0.6) is 0 Å². The van der Waals surface area contributed by atoms with Crippen LogP contribution >= 0.6 is 11.6 Å². The van der Waals surface area contributed by atoms with Gasteiger partial charge in [0.2, 0.25) is 5.91 Å². The van der Waals surface area contributed by atoms with Crippen LogP contribution in [0, 0.1) is 21.4 Å². The molecule has 1 aliphatic carbocycles. The molecule has 0 unspecified atom stereocenters. The predicted molar refractivity (Wildman–Crippen MR) is 108 cm³/mol. The highest BCUT2D eigenvalue weighted by Gasteiger charge is 2.35. The van der Waals surface area contributed by atoms with Crippen molar-refractivity contribution in [2.45, 2.75) is 31.1 Å². The molecule has 0 bridgehead atoms. The largest absolute Gasteiger partial charge is 0.323 e. The Balaban J connectivity index is 1.67. The second kappa shape index (κ2) is 8.24. The summed E-state index contributed by atoms with van der Waals surface area (Å²) in [5.41, 5.74) is 1.48. The number of hydrogen-bond acceptors (Lipinski definition) is 4. The third-order valence-electron chi connectivity index (χ3n) is 4.97. The van der Waals surface area contributed by atoms with Gasteiger partial charge < -0.3 is 5.32 Å². The van der Waals surface area contributed by atoms with Gasteiger partial charge >= 0.3 is 0 Å². The van der Waals surface area contributed by atoms with Gasteiger partial charge in [0.05, 0.1) is 16.4 Å². The molecule has 0 spiro atoms. The lowest BCUT2D eigenvalue weighted by atomic mass is 9.80. The number of hydrogen-bond donors (Lipinski definition) is 1. The smallest absolute Gasteiger partial charge is 0.288 e. The summed E-state index contributed by atoms with van der Waals surface area (Å²) in [5.74, 6) is -0.360. The first-order valence-corrected chi connectivity index (χ1v) is 9.26. The molecule has 1 amide bonds. The van der Waals surface area contributed by atoms with Gasteiger partial charge in [0.1, 0.15) is 5.02 Å². The molecule has 0 aliphatic heterocycles. The zero-order valence-electron chi connectivity index (χ0n) is 15.0. The maximum atomic E-state index is 12.1. The van der Waals surface area contributed by atoms with Crippen LogP contribution in [-0.4, -0.2) is 10.8 Å². The van der Waals surface area contributed by atoms with Gasteiger partial charge in [-0.2, -0.15) is 5.26 Å². The Bertz CT molecular complexity index is 971. The lowest BCUT2D eigenvalue weighted by Crippen LogP contribution is -2.19. The quantitative estimate of drug-likeness (QED) is 0.425. The number of nitriles is 1. The standard InChI is InChI=1S/C21H18ClN3O3/c22-18-9-3-15(13-19(18)25(27)28)4-10-20(26)24-17-7-5-16(6-8-17)21(14-23)11-1-2-12-21/h3-10,13H,1-2,11-12H2,(H,24,26)/b10-4+. The molecule has 0 aromatic heterocycles. The van der Waals surface area contributed by atoms with Gasteiger partial charge in [0.15, 0.2) is 0 Å². The van der Waals surface area contributed by atoms with Gasteiger partial charge in [-0.3, -0.25) is 14.9 Å². The maximum Gasteiger partial charge on any atom is 0.288 e. The van der Waals surface area contributed by atoms with E-state index in [1.165, 1.54) is 24.3 Å². The van der Waals surface area contributed by atoms with E-state index in [9.17, 15) is 20.2 Å². The average molecular weight is 396 g/mol. The van der Waals surface area contributed by atoms with Gasteiger partial charge in [-0.15, -0.1) is 0 Å². The number of carbonyl (C=O) groups is 1. The fraction of sp³-hybridized carbons (Fsp3) is 0.238.